The van der Waals surface area contributed by atoms with Crippen molar-refractivity contribution < 1.29 is 14.3 Å². The van der Waals surface area contributed by atoms with Gasteiger partial charge in [0.25, 0.3) is 0 Å². The Hall–Kier alpha value is -2.79. The van der Waals surface area contributed by atoms with Crippen molar-refractivity contribution in [2.24, 2.45) is 0 Å². The average Bonchev–Trinajstić information content (AvgIpc) is 2.74. The Balaban J connectivity index is 1.33. The zero-order chi connectivity index (χ0) is 20.3. The number of hydrogen-bond donors (Lipinski definition) is 2. The van der Waals surface area contributed by atoms with Crippen molar-refractivity contribution in [2.75, 3.05) is 5.32 Å². The first kappa shape index (κ1) is 19.5. The lowest BCUT2D eigenvalue weighted by atomic mass is 9.74. The van der Waals surface area contributed by atoms with Crippen LogP contribution < -0.4 is 5.32 Å². The summed E-state index contributed by atoms with van der Waals surface area (Å²) in [6.07, 6.45) is 5.68. The van der Waals surface area contributed by atoms with Gasteiger partial charge in [-0.3, -0.25) is 9.78 Å². The second-order valence-electron chi connectivity index (χ2n) is 7.97. The average molecular weight is 392 g/mol. The van der Waals surface area contributed by atoms with Gasteiger partial charge >= 0.3 is 0 Å². The number of anilines is 1. The van der Waals surface area contributed by atoms with Crippen LogP contribution >= 0.6 is 0 Å². The number of amides is 1. The molecule has 1 heterocycles. The number of para-hydroxylation sites is 1. The third kappa shape index (κ3) is 4.62. The van der Waals surface area contributed by atoms with Crippen LogP contribution in [0, 0.1) is 5.82 Å². The number of fused-ring (bicyclic) bond motifs is 1. The molecule has 2 aromatic carbocycles. The van der Waals surface area contributed by atoms with E-state index in [9.17, 15) is 14.3 Å². The van der Waals surface area contributed by atoms with Gasteiger partial charge in [-0.1, -0.05) is 18.2 Å². The van der Waals surface area contributed by atoms with Crippen LogP contribution in [-0.4, -0.2) is 21.6 Å². The molecule has 4 nitrogen and oxygen atoms in total. The molecule has 0 atom stereocenters. The quantitative estimate of drug-likeness (QED) is 0.629. The second-order valence-corrected chi connectivity index (χ2v) is 7.97. The number of carbonyl (C=O) groups excluding carboxylic acids is 1. The molecule has 0 spiro atoms. The molecule has 4 rings (SSSR count). The first-order chi connectivity index (χ1) is 14.0. The molecule has 1 aromatic heterocycles. The molecule has 0 radical (unpaired) electrons. The summed E-state index contributed by atoms with van der Waals surface area (Å²) < 4.78 is 13.0. The second kappa shape index (κ2) is 8.29. The SMILES string of the molecule is O=C(CC[C@]1(O)CC[C@H](c2ccnc3ccccc32)CC1)Nc1ccc(F)cc1. The van der Waals surface area contributed by atoms with Crippen molar-refractivity contribution in [2.45, 2.75) is 50.0 Å². The lowest BCUT2D eigenvalue weighted by molar-refractivity contribution is -0.118. The van der Waals surface area contributed by atoms with E-state index in [-0.39, 0.29) is 18.1 Å². The van der Waals surface area contributed by atoms with Crippen LogP contribution in [0.25, 0.3) is 10.9 Å². The van der Waals surface area contributed by atoms with Crippen LogP contribution in [-0.2, 0) is 4.79 Å². The number of aliphatic hydroxyl groups is 1. The van der Waals surface area contributed by atoms with E-state index in [0.29, 0.717) is 30.9 Å². The molecule has 1 amide bonds. The van der Waals surface area contributed by atoms with E-state index in [2.05, 4.69) is 22.4 Å². The maximum atomic E-state index is 13.0. The van der Waals surface area contributed by atoms with Gasteiger partial charge in [0.2, 0.25) is 5.91 Å². The summed E-state index contributed by atoms with van der Waals surface area (Å²) in [4.78, 5) is 16.6. The van der Waals surface area contributed by atoms with E-state index in [0.717, 1.165) is 18.4 Å². The Morgan fingerprint density at radius 3 is 2.59 bits per heavy atom. The Morgan fingerprint density at radius 1 is 1.10 bits per heavy atom. The van der Waals surface area contributed by atoms with Crippen molar-refractivity contribution in [3.05, 3.63) is 72.2 Å². The van der Waals surface area contributed by atoms with Crippen LogP contribution in [0.2, 0.25) is 0 Å². The molecular formula is C24H25FN2O2. The molecule has 1 fully saturated rings. The van der Waals surface area contributed by atoms with Gasteiger partial charge in [0.05, 0.1) is 11.1 Å². The van der Waals surface area contributed by atoms with Gasteiger partial charge in [0.1, 0.15) is 5.82 Å². The summed E-state index contributed by atoms with van der Waals surface area (Å²) >= 11 is 0. The lowest BCUT2D eigenvalue weighted by Gasteiger charge is -2.36. The third-order valence-electron chi connectivity index (χ3n) is 5.98. The first-order valence-corrected chi connectivity index (χ1v) is 10.1. The van der Waals surface area contributed by atoms with Gasteiger partial charge in [-0.05, 0) is 80.0 Å². The van der Waals surface area contributed by atoms with Crippen LogP contribution in [0.4, 0.5) is 10.1 Å². The molecule has 0 unspecified atom stereocenters. The van der Waals surface area contributed by atoms with Crippen LogP contribution in [0.3, 0.4) is 0 Å². The van der Waals surface area contributed by atoms with E-state index in [1.165, 1.54) is 35.2 Å². The molecule has 3 aromatic rings. The van der Waals surface area contributed by atoms with Gasteiger partial charge < -0.3 is 10.4 Å². The number of rotatable bonds is 5. The molecule has 2 N–H and O–H groups in total. The Kier molecular flexibility index (Phi) is 5.58. The number of hydrogen-bond acceptors (Lipinski definition) is 3. The highest BCUT2D eigenvalue weighted by atomic mass is 19.1. The molecule has 150 valence electrons. The van der Waals surface area contributed by atoms with E-state index >= 15 is 0 Å². The number of pyridine rings is 1. The molecular weight excluding hydrogens is 367 g/mol. The monoisotopic (exact) mass is 392 g/mol. The van der Waals surface area contributed by atoms with Gasteiger partial charge in [0, 0.05) is 23.7 Å². The molecule has 0 aliphatic heterocycles. The predicted molar refractivity (Wildman–Crippen MR) is 112 cm³/mol. The van der Waals surface area contributed by atoms with Crippen LogP contribution in [0.5, 0.6) is 0 Å². The number of halogens is 1. The first-order valence-electron chi connectivity index (χ1n) is 10.1. The van der Waals surface area contributed by atoms with E-state index < -0.39 is 5.60 Å². The maximum absolute atomic E-state index is 13.0. The van der Waals surface area contributed by atoms with Crippen molar-refractivity contribution >= 4 is 22.5 Å². The number of aromatic nitrogens is 1. The summed E-state index contributed by atoms with van der Waals surface area (Å²) in [5.74, 6) is -0.0976. The number of carbonyl (C=O) groups is 1. The van der Waals surface area contributed by atoms with Crippen molar-refractivity contribution in [1.29, 1.82) is 0 Å². The minimum atomic E-state index is -0.806. The Morgan fingerprint density at radius 2 is 1.83 bits per heavy atom. The normalized spacial score (nSPS) is 21.8. The highest BCUT2D eigenvalue weighted by Crippen LogP contribution is 2.41. The standard InChI is InChI=1S/C24H25FN2O2/c25-18-5-7-19(8-6-18)27-23(28)11-15-24(29)13-9-17(10-14-24)20-12-16-26-22-4-2-1-3-21(20)22/h1-8,12,16-17,29H,9-11,13-15H2,(H,27,28)/t17-,24-. The smallest absolute Gasteiger partial charge is 0.224 e. The predicted octanol–water partition coefficient (Wildman–Crippen LogP) is 5.18. The van der Waals surface area contributed by atoms with Crippen LogP contribution in [0.15, 0.2) is 60.8 Å². The molecule has 5 heteroatoms. The Bertz CT molecular complexity index is 990. The number of benzene rings is 2. The third-order valence-corrected chi connectivity index (χ3v) is 5.98. The van der Waals surface area contributed by atoms with E-state index in [1.54, 1.807) is 0 Å². The fourth-order valence-corrected chi connectivity index (χ4v) is 4.29. The Labute approximate surface area is 169 Å². The van der Waals surface area contributed by atoms with Gasteiger partial charge in [-0.25, -0.2) is 4.39 Å². The zero-order valence-electron chi connectivity index (χ0n) is 16.3. The zero-order valence-corrected chi connectivity index (χ0v) is 16.3. The van der Waals surface area contributed by atoms with Gasteiger partial charge in [-0.15, -0.1) is 0 Å². The van der Waals surface area contributed by atoms with Crippen LogP contribution in [0.1, 0.15) is 50.0 Å². The minimum absolute atomic E-state index is 0.160. The van der Waals surface area contributed by atoms with Gasteiger partial charge in [0.15, 0.2) is 0 Å². The molecule has 0 saturated heterocycles. The lowest BCUT2D eigenvalue weighted by Crippen LogP contribution is -2.34. The fourth-order valence-electron chi connectivity index (χ4n) is 4.29. The minimum Gasteiger partial charge on any atom is -0.390 e. The van der Waals surface area contributed by atoms with Crippen molar-refractivity contribution in [3.8, 4) is 0 Å². The summed E-state index contributed by atoms with van der Waals surface area (Å²) in [5.41, 5.74) is 2.06. The fraction of sp³-hybridized carbons (Fsp3) is 0.333. The molecule has 1 aliphatic rings. The largest absolute Gasteiger partial charge is 0.390 e. The molecule has 29 heavy (non-hydrogen) atoms. The van der Waals surface area contributed by atoms with E-state index in [1.807, 2.05) is 24.4 Å². The maximum Gasteiger partial charge on any atom is 0.224 e. The van der Waals surface area contributed by atoms with Gasteiger partial charge in [-0.2, -0.15) is 0 Å². The summed E-state index contributed by atoms with van der Waals surface area (Å²) in [6.45, 7) is 0. The molecule has 1 aliphatic carbocycles. The summed E-state index contributed by atoms with van der Waals surface area (Å²) in [5, 5.41) is 14.9. The number of nitrogens with zero attached hydrogens (tertiary/aromatic N) is 1. The highest BCUT2D eigenvalue weighted by Gasteiger charge is 2.34. The topological polar surface area (TPSA) is 62.2 Å². The van der Waals surface area contributed by atoms with E-state index in [4.69, 9.17) is 0 Å². The summed E-state index contributed by atoms with van der Waals surface area (Å²) in [6, 6.07) is 15.9. The van der Waals surface area contributed by atoms with Crippen molar-refractivity contribution in [3.63, 3.8) is 0 Å². The highest BCUT2D eigenvalue weighted by molar-refractivity contribution is 5.90. The summed E-state index contributed by atoms with van der Waals surface area (Å²) in [7, 11) is 0. The molecule has 0 bridgehead atoms. The van der Waals surface area contributed by atoms with Crippen molar-refractivity contribution in [1.82, 2.24) is 4.98 Å². The molecule has 1 saturated carbocycles. The number of nitrogens with one attached hydrogen (secondary N) is 1.